The Bertz CT molecular complexity index is 326. The molecule has 0 aromatic rings. The fraction of sp³-hybridized carbons (Fsp3) is 1.00. The van der Waals surface area contributed by atoms with Gasteiger partial charge >= 0.3 is 0 Å². The molecule has 0 amide bonds. The number of nitrogens with two attached hydrogens (primary N) is 1. The van der Waals surface area contributed by atoms with Gasteiger partial charge in [0, 0.05) is 18.6 Å². The fourth-order valence-corrected chi connectivity index (χ4v) is 4.64. The molecule has 21 heavy (non-hydrogen) atoms. The number of hydrogen-bond acceptors (Lipinski definition) is 2. The van der Waals surface area contributed by atoms with Crippen LogP contribution in [0.25, 0.3) is 0 Å². The zero-order valence-corrected chi connectivity index (χ0v) is 15.1. The molecule has 0 aromatic heterocycles. The van der Waals surface area contributed by atoms with Gasteiger partial charge in [-0.25, -0.2) is 0 Å². The molecule has 1 saturated heterocycles. The third kappa shape index (κ3) is 3.47. The van der Waals surface area contributed by atoms with Crippen LogP contribution in [0.5, 0.6) is 0 Å². The van der Waals surface area contributed by atoms with Crippen molar-refractivity contribution in [3.63, 3.8) is 0 Å². The Hall–Kier alpha value is -0.0800. The first-order chi connectivity index (χ1) is 9.84. The minimum absolute atomic E-state index is 0.323. The maximum atomic E-state index is 6.28. The van der Waals surface area contributed by atoms with Crippen molar-refractivity contribution in [1.82, 2.24) is 4.90 Å². The van der Waals surface area contributed by atoms with E-state index in [9.17, 15) is 0 Å². The predicted octanol–water partition coefficient (Wildman–Crippen LogP) is 4.29. The Balaban J connectivity index is 1.99. The summed E-state index contributed by atoms with van der Waals surface area (Å²) in [5.74, 6) is 2.60. The summed E-state index contributed by atoms with van der Waals surface area (Å²) in [4.78, 5) is 2.77. The molecular weight excluding hydrogens is 256 g/mol. The van der Waals surface area contributed by atoms with Gasteiger partial charge in [-0.15, -0.1) is 0 Å². The Morgan fingerprint density at radius 1 is 1.19 bits per heavy atom. The molecule has 2 rings (SSSR count). The second-order valence-electron chi connectivity index (χ2n) is 8.78. The first-order valence-corrected chi connectivity index (χ1v) is 9.30. The molecule has 0 radical (unpaired) electrons. The number of likely N-dealkylation sites (tertiary alicyclic amines) is 1. The SMILES string of the molecule is CCC(C)(C)C1CCC(CN)(N2CCC(C(C)C)C2)CC1. The van der Waals surface area contributed by atoms with E-state index in [1.54, 1.807) is 0 Å². The first-order valence-electron chi connectivity index (χ1n) is 9.30. The van der Waals surface area contributed by atoms with Gasteiger partial charge in [0.2, 0.25) is 0 Å². The number of nitrogens with zero attached hydrogens (tertiary/aromatic N) is 1. The molecule has 1 unspecified atom stereocenters. The van der Waals surface area contributed by atoms with E-state index in [1.165, 1.54) is 51.6 Å². The third-order valence-corrected chi connectivity index (χ3v) is 7.15. The standard InChI is InChI=1S/C19H38N2/c1-6-18(4,5)17-7-10-19(14-20,11-8-17)21-12-9-16(13-21)15(2)3/h15-17H,6-14,20H2,1-5H3. The molecule has 2 nitrogen and oxygen atoms in total. The van der Waals surface area contributed by atoms with Crippen molar-refractivity contribution in [2.24, 2.45) is 28.9 Å². The number of rotatable bonds is 5. The summed E-state index contributed by atoms with van der Waals surface area (Å²) >= 11 is 0. The van der Waals surface area contributed by atoms with Gasteiger partial charge in [-0.2, -0.15) is 0 Å². The van der Waals surface area contributed by atoms with Crippen LogP contribution in [0.3, 0.4) is 0 Å². The van der Waals surface area contributed by atoms with Crippen LogP contribution >= 0.6 is 0 Å². The normalized spacial score (nSPS) is 35.6. The molecule has 0 bridgehead atoms. The van der Waals surface area contributed by atoms with E-state index in [2.05, 4.69) is 39.5 Å². The van der Waals surface area contributed by atoms with Gasteiger partial charge in [-0.05, 0) is 61.8 Å². The fourth-order valence-electron chi connectivity index (χ4n) is 4.64. The lowest BCUT2D eigenvalue weighted by Gasteiger charge is -2.49. The average molecular weight is 295 g/mol. The van der Waals surface area contributed by atoms with E-state index >= 15 is 0 Å². The topological polar surface area (TPSA) is 29.3 Å². The molecule has 1 heterocycles. The van der Waals surface area contributed by atoms with Gasteiger partial charge in [0.25, 0.3) is 0 Å². The van der Waals surface area contributed by atoms with Crippen LogP contribution in [-0.2, 0) is 0 Å². The Morgan fingerprint density at radius 2 is 1.81 bits per heavy atom. The van der Waals surface area contributed by atoms with E-state index in [0.717, 1.165) is 24.3 Å². The molecule has 1 atom stereocenters. The zero-order chi connectivity index (χ0) is 15.7. The predicted molar refractivity (Wildman–Crippen MR) is 92.3 cm³/mol. The zero-order valence-electron chi connectivity index (χ0n) is 15.1. The molecule has 0 spiro atoms. The summed E-state index contributed by atoms with van der Waals surface area (Å²) in [6.45, 7) is 15.4. The van der Waals surface area contributed by atoms with Crippen LogP contribution in [0.1, 0.15) is 73.1 Å². The molecule has 1 aliphatic carbocycles. The van der Waals surface area contributed by atoms with Crippen molar-refractivity contribution in [3.05, 3.63) is 0 Å². The highest BCUT2D eigenvalue weighted by Crippen LogP contribution is 2.46. The second-order valence-corrected chi connectivity index (χ2v) is 8.78. The minimum Gasteiger partial charge on any atom is -0.329 e. The van der Waals surface area contributed by atoms with E-state index in [1.807, 2.05) is 0 Å². The maximum Gasteiger partial charge on any atom is 0.0332 e. The highest BCUT2D eigenvalue weighted by Gasteiger charge is 2.44. The van der Waals surface area contributed by atoms with Gasteiger partial charge in [0.15, 0.2) is 0 Å². The van der Waals surface area contributed by atoms with Crippen molar-refractivity contribution < 1.29 is 0 Å². The summed E-state index contributed by atoms with van der Waals surface area (Å²) < 4.78 is 0. The van der Waals surface area contributed by atoms with Gasteiger partial charge in [0.1, 0.15) is 0 Å². The van der Waals surface area contributed by atoms with Crippen LogP contribution in [0.2, 0.25) is 0 Å². The van der Waals surface area contributed by atoms with Crippen LogP contribution < -0.4 is 5.73 Å². The van der Waals surface area contributed by atoms with Gasteiger partial charge in [-0.3, -0.25) is 4.90 Å². The van der Waals surface area contributed by atoms with Crippen molar-refractivity contribution in [1.29, 1.82) is 0 Å². The highest BCUT2D eigenvalue weighted by atomic mass is 15.2. The van der Waals surface area contributed by atoms with Crippen LogP contribution in [0.15, 0.2) is 0 Å². The summed E-state index contributed by atoms with van der Waals surface area (Å²) in [5, 5.41) is 0. The quantitative estimate of drug-likeness (QED) is 0.819. The molecule has 1 saturated carbocycles. The van der Waals surface area contributed by atoms with E-state index in [-0.39, 0.29) is 0 Å². The average Bonchev–Trinajstić information content (AvgIpc) is 2.98. The van der Waals surface area contributed by atoms with Crippen molar-refractivity contribution in [2.45, 2.75) is 78.7 Å². The lowest BCUT2D eigenvalue weighted by atomic mass is 9.65. The minimum atomic E-state index is 0.323. The molecule has 124 valence electrons. The van der Waals surface area contributed by atoms with E-state index in [4.69, 9.17) is 5.73 Å². The second kappa shape index (κ2) is 6.58. The monoisotopic (exact) mass is 294 g/mol. The summed E-state index contributed by atoms with van der Waals surface area (Å²) in [5.41, 5.74) is 7.11. The lowest BCUT2D eigenvalue weighted by molar-refractivity contribution is 0.0275. The van der Waals surface area contributed by atoms with Crippen molar-refractivity contribution >= 4 is 0 Å². The van der Waals surface area contributed by atoms with Gasteiger partial charge in [-0.1, -0.05) is 41.0 Å². The summed E-state index contributed by atoms with van der Waals surface area (Å²) in [6.07, 6.45) is 8.07. The Labute approximate surface area is 132 Å². The Kier molecular flexibility index (Phi) is 5.41. The van der Waals surface area contributed by atoms with Crippen LogP contribution in [-0.4, -0.2) is 30.1 Å². The van der Waals surface area contributed by atoms with Gasteiger partial charge < -0.3 is 5.73 Å². The summed E-state index contributed by atoms with van der Waals surface area (Å²) in [7, 11) is 0. The third-order valence-electron chi connectivity index (χ3n) is 7.15. The van der Waals surface area contributed by atoms with Crippen molar-refractivity contribution in [2.75, 3.05) is 19.6 Å². The van der Waals surface area contributed by atoms with Crippen LogP contribution in [0.4, 0.5) is 0 Å². The molecule has 2 fully saturated rings. The smallest absolute Gasteiger partial charge is 0.0332 e. The highest BCUT2D eigenvalue weighted by molar-refractivity contribution is 5.00. The molecule has 2 N–H and O–H groups in total. The Morgan fingerprint density at radius 3 is 2.24 bits per heavy atom. The summed E-state index contributed by atoms with van der Waals surface area (Å²) in [6, 6.07) is 0. The van der Waals surface area contributed by atoms with E-state index in [0.29, 0.717) is 11.0 Å². The van der Waals surface area contributed by atoms with E-state index < -0.39 is 0 Å². The maximum absolute atomic E-state index is 6.28. The molecular formula is C19H38N2. The lowest BCUT2D eigenvalue weighted by Crippen LogP contribution is -2.55. The van der Waals surface area contributed by atoms with Gasteiger partial charge in [0.05, 0.1) is 0 Å². The first kappa shape index (κ1) is 17.3. The number of hydrogen-bond donors (Lipinski definition) is 1. The van der Waals surface area contributed by atoms with Crippen LogP contribution in [0, 0.1) is 23.2 Å². The molecule has 1 aliphatic heterocycles. The molecule has 2 aliphatic rings. The molecule has 0 aromatic carbocycles. The largest absolute Gasteiger partial charge is 0.329 e. The molecule has 2 heteroatoms. The van der Waals surface area contributed by atoms with Crippen molar-refractivity contribution in [3.8, 4) is 0 Å².